The molecule has 0 spiro atoms. The zero-order valence-electron chi connectivity index (χ0n) is 15.6. The molecular formula is C19H23N5O3. The van der Waals surface area contributed by atoms with Crippen LogP contribution in [0.1, 0.15) is 54.5 Å². The fraction of sp³-hybridized carbons (Fsp3) is 0.526. The summed E-state index contributed by atoms with van der Waals surface area (Å²) in [6.07, 6.45) is 4.20. The third-order valence-electron chi connectivity index (χ3n) is 5.34. The summed E-state index contributed by atoms with van der Waals surface area (Å²) in [4.78, 5) is 47.8. The highest BCUT2D eigenvalue weighted by molar-refractivity contribution is 6.10. The predicted octanol–water partition coefficient (Wildman–Crippen LogP) is 1.34. The lowest BCUT2D eigenvalue weighted by Gasteiger charge is -2.25. The molecular weight excluding hydrogens is 346 g/mol. The van der Waals surface area contributed by atoms with Crippen molar-refractivity contribution in [3.63, 3.8) is 0 Å². The number of imidazole rings is 1. The van der Waals surface area contributed by atoms with Crippen LogP contribution in [0.15, 0.2) is 6.07 Å². The van der Waals surface area contributed by atoms with E-state index in [-0.39, 0.29) is 18.2 Å². The number of amides is 3. The molecule has 1 saturated heterocycles. The number of nitrogens with zero attached hydrogens (tertiary/aromatic N) is 4. The highest BCUT2D eigenvalue weighted by Gasteiger charge is 2.38. The average Bonchev–Trinajstić information content (AvgIpc) is 3.04. The standard InChI is InChI=1S/C19H23N5O3/c1-3-23(13-10-15(25)22-18(13)26)19(27)12-9-11(2)20-17-16(12)21-14-7-5-4-6-8-24(14)17/h9,13H,3-8,10H2,1-2H3,(H,22,25,26)/t13-/m0/s1. The predicted molar refractivity (Wildman–Crippen MR) is 98.1 cm³/mol. The van der Waals surface area contributed by atoms with Gasteiger partial charge in [-0.15, -0.1) is 0 Å². The highest BCUT2D eigenvalue weighted by atomic mass is 16.2. The van der Waals surface area contributed by atoms with Gasteiger partial charge >= 0.3 is 0 Å². The molecule has 142 valence electrons. The van der Waals surface area contributed by atoms with Gasteiger partial charge in [-0.25, -0.2) is 9.97 Å². The van der Waals surface area contributed by atoms with Crippen LogP contribution >= 0.6 is 0 Å². The molecule has 0 bridgehead atoms. The Labute approximate surface area is 156 Å². The maximum atomic E-state index is 13.3. The number of carbonyl (C=O) groups is 3. The first-order valence-electron chi connectivity index (χ1n) is 9.51. The van der Waals surface area contributed by atoms with Gasteiger partial charge in [0.2, 0.25) is 11.8 Å². The van der Waals surface area contributed by atoms with Crippen LogP contribution in [0.25, 0.3) is 11.2 Å². The molecule has 2 aromatic heterocycles. The zero-order chi connectivity index (χ0) is 19.1. The fourth-order valence-electron chi connectivity index (χ4n) is 4.03. The van der Waals surface area contributed by atoms with Gasteiger partial charge in [0.15, 0.2) is 5.65 Å². The number of likely N-dealkylation sites (N-methyl/N-ethyl adjacent to an activating group) is 1. The van der Waals surface area contributed by atoms with Crippen LogP contribution < -0.4 is 5.32 Å². The Morgan fingerprint density at radius 1 is 1.30 bits per heavy atom. The number of pyridine rings is 1. The maximum Gasteiger partial charge on any atom is 0.256 e. The lowest BCUT2D eigenvalue weighted by molar-refractivity contribution is -0.126. The fourth-order valence-corrected chi connectivity index (χ4v) is 4.03. The van der Waals surface area contributed by atoms with Gasteiger partial charge < -0.3 is 9.47 Å². The van der Waals surface area contributed by atoms with Crippen molar-refractivity contribution in [2.75, 3.05) is 6.54 Å². The summed E-state index contributed by atoms with van der Waals surface area (Å²) >= 11 is 0. The van der Waals surface area contributed by atoms with Gasteiger partial charge in [0, 0.05) is 25.2 Å². The van der Waals surface area contributed by atoms with Crippen molar-refractivity contribution in [2.24, 2.45) is 0 Å². The van der Waals surface area contributed by atoms with Crippen molar-refractivity contribution in [1.82, 2.24) is 24.8 Å². The molecule has 0 saturated carbocycles. The Bertz CT molecular complexity index is 948. The van der Waals surface area contributed by atoms with Crippen LogP contribution in [0.5, 0.6) is 0 Å². The molecule has 3 amide bonds. The van der Waals surface area contributed by atoms with E-state index in [4.69, 9.17) is 4.98 Å². The molecule has 2 aliphatic heterocycles. The van der Waals surface area contributed by atoms with E-state index in [1.54, 1.807) is 6.07 Å². The van der Waals surface area contributed by atoms with E-state index in [1.807, 2.05) is 13.8 Å². The summed E-state index contributed by atoms with van der Waals surface area (Å²) < 4.78 is 2.12. The van der Waals surface area contributed by atoms with Gasteiger partial charge in [0.25, 0.3) is 5.91 Å². The second-order valence-corrected chi connectivity index (χ2v) is 7.20. The number of aryl methyl sites for hydroxylation is 3. The molecule has 27 heavy (non-hydrogen) atoms. The topological polar surface area (TPSA) is 97.2 Å². The highest BCUT2D eigenvalue weighted by Crippen LogP contribution is 2.26. The normalized spacial score (nSPS) is 19.7. The summed E-state index contributed by atoms with van der Waals surface area (Å²) in [6.45, 7) is 4.85. The van der Waals surface area contributed by atoms with Crippen molar-refractivity contribution in [3.05, 3.63) is 23.1 Å². The van der Waals surface area contributed by atoms with Crippen LogP contribution in [-0.2, 0) is 22.6 Å². The first kappa shape index (κ1) is 17.6. The molecule has 0 radical (unpaired) electrons. The minimum Gasteiger partial charge on any atom is -0.326 e. The van der Waals surface area contributed by atoms with Crippen LogP contribution in [0.4, 0.5) is 0 Å². The second-order valence-electron chi connectivity index (χ2n) is 7.20. The number of imide groups is 1. The maximum absolute atomic E-state index is 13.3. The summed E-state index contributed by atoms with van der Waals surface area (Å²) in [7, 11) is 0. The number of hydrogen-bond donors (Lipinski definition) is 1. The first-order chi connectivity index (χ1) is 13.0. The smallest absolute Gasteiger partial charge is 0.256 e. The van der Waals surface area contributed by atoms with Crippen molar-refractivity contribution in [3.8, 4) is 0 Å². The van der Waals surface area contributed by atoms with E-state index in [1.165, 1.54) is 4.90 Å². The summed E-state index contributed by atoms with van der Waals surface area (Å²) in [6, 6.07) is 0.966. The number of carbonyl (C=O) groups excluding carboxylic acids is 3. The number of hydrogen-bond acceptors (Lipinski definition) is 5. The minimum absolute atomic E-state index is 0.00527. The molecule has 4 heterocycles. The molecule has 2 aromatic rings. The van der Waals surface area contributed by atoms with Crippen molar-refractivity contribution >= 4 is 28.9 Å². The largest absolute Gasteiger partial charge is 0.326 e. The summed E-state index contributed by atoms with van der Waals surface area (Å²) in [5.74, 6) is -0.0820. The van der Waals surface area contributed by atoms with E-state index in [0.29, 0.717) is 17.6 Å². The molecule has 1 fully saturated rings. The van der Waals surface area contributed by atoms with Gasteiger partial charge in [-0.3, -0.25) is 19.7 Å². The van der Waals surface area contributed by atoms with Crippen LogP contribution in [0, 0.1) is 6.92 Å². The average molecular weight is 369 g/mol. The van der Waals surface area contributed by atoms with E-state index in [9.17, 15) is 14.4 Å². The Hall–Kier alpha value is -2.77. The monoisotopic (exact) mass is 369 g/mol. The first-order valence-corrected chi connectivity index (χ1v) is 9.51. The minimum atomic E-state index is -0.765. The molecule has 1 atom stereocenters. The molecule has 1 N–H and O–H groups in total. The number of rotatable bonds is 3. The molecule has 2 aliphatic rings. The third-order valence-corrected chi connectivity index (χ3v) is 5.34. The number of fused-ring (bicyclic) bond motifs is 3. The second kappa shape index (κ2) is 6.75. The molecule has 8 heteroatoms. The van der Waals surface area contributed by atoms with Gasteiger partial charge in [-0.2, -0.15) is 0 Å². The molecule has 0 aliphatic carbocycles. The van der Waals surface area contributed by atoms with E-state index in [2.05, 4.69) is 14.9 Å². The lowest BCUT2D eigenvalue weighted by atomic mass is 10.1. The van der Waals surface area contributed by atoms with E-state index >= 15 is 0 Å². The third kappa shape index (κ3) is 2.98. The van der Waals surface area contributed by atoms with Gasteiger partial charge in [-0.1, -0.05) is 6.42 Å². The Kier molecular flexibility index (Phi) is 4.41. The Morgan fingerprint density at radius 3 is 2.81 bits per heavy atom. The SMILES string of the molecule is CCN(C(=O)c1cc(C)nc2c1nc1n2CCCCC1)[C@H]1CC(=O)NC1=O. The van der Waals surface area contributed by atoms with Crippen molar-refractivity contribution in [2.45, 2.75) is 58.5 Å². The summed E-state index contributed by atoms with van der Waals surface area (Å²) in [5.41, 5.74) is 2.51. The van der Waals surface area contributed by atoms with Gasteiger partial charge in [-0.05, 0) is 32.8 Å². The van der Waals surface area contributed by atoms with E-state index in [0.717, 1.165) is 49.4 Å². The molecule has 8 nitrogen and oxygen atoms in total. The van der Waals surface area contributed by atoms with Crippen LogP contribution in [0.2, 0.25) is 0 Å². The quantitative estimate of drug-likeness (QED) is 0.824. The van der Waals surface area contributed by atoms with Crippen LogP contribution in [-0.4, -0.2) is 49.7 Å². The van der Waals surface area contributed by atoms with Crippen molar-refractivity contribution < 1.29 is 14.4 Å². The molecule has 0 unspecified atom stereocenters. The Morgan fingerprint density at radius 2 is 2.11 bits per heavy atom. The molecule has 4 rings (SSSR count). The number of aromatic nitrogens is 3. The van der Waals surface area contributed by atoms with Gasteiger partial charge in [0.1, 0.15) is 17.4 Å². The van der Waals surface area contributed by atoms with Crippen molar-refractivity contribution in [1.29, 1.82) is 0 Å². The number of nitrogens with one attached hydrogen (secondary N) is 1. The lowest BCUT2D eigenvalue weighted by Crippen LogP contribution is -2.44. The summed E-state index contributed by atoms with van der Waals surface area (Å²) in [5, 5.41) is 2.28. The zero-order valence-corrected chi connectivity index (χ0v) is 15.6. The Balaban J connectivity index is 1.79. The van der Waals surface area contributed by atoms with Crippen LogP contribution in [0.3, 0.4) is 0 Å². The van der Waals surface area contributed by atoms with E-state index < -0.39 is 11.9 Å². The van der Waals surface area contributed by atoms with Gasteiger partial charge in [0.05, 0.1) is 12.0 Å². The molecule has 0 aromatic carbocycles.